The van der Waals surface area contributed by atoms with E-state index in [9.17, 15) is 9.59 Å². The predicted molar refractivity (Wildman–Crippen MR) is 106 cm³/mol. The summed E-state index contributed by atoms with van der Waals surface area (Å²) in [4.78, 5) is 24.1. The number of carbonyl (C=O) groups is 1. The van der Waals surface area contributed by atoms with E-state index in [0.29, 0.717) is 11.3 Å². The predicted octanol–water partition coefficient (Wildman–Crippen LogP) is 4.38. The molecule has 1 N–H and O–H groups in total. The number of hydrogen-bond acceptors (Lipinski definition) is 4. The summed E-state index contributed by atoms with van der Waals surface area (Å²) in [6.07, 6.45) is 0.0283. The van der Waals surface area contributed by atoms with Crippen LogP contribution in [0.4, 0.5) is 5.69 Å². The Labute approximate surface area is 158 Å². The molecule has 1 amide bonds. The lowest BCUT2D eigenvalue weighted by atomic mass is 10.1. The number of benzene rings is 2. The summed E-state index contributed by atoms with van der Waals surface area (Å²) < 4.78 is 11.2. The fraction of sp³-hybridized carbons (Fsp3) is 0.273. The van der Waals surface area contributed by atoms with Crippen molar-refractivity contribution in [2.45, 2.75) is 40.2 Å². The summed E-state index contributed by atoms with van der Waals surface area (Å²) in [5.74, 6) is 0.305. The lowest BCUT2D eigenvalue weighted by Gasteiger charge is -2.18. The zero-order valence-corrected chi connectivity index (χ0v) is 16.0. The van der Waals surface area contributed by atoms with Gasteiger partial charge in [-0.15, -0.1) is 0 Å². The maximum atomic E-state index is 12.5. The van der Waals surface area contributed by atoms with Crippen molar-refractivity contribution < 1.29 is 13.9 Å². The third-order valence-corrected chi connectivity index (χ3v) is 4.47. The van der Waals surface area contributed by atoms with Crippen LogP contribution in [0, 0.1) is 13.8 Å². The van der Waals surface area contributed by atoms with Crippen LogP contribution in [-0.4, -0.2) is 12.0 Å². The highest BCUT2D eigenvalue weighted by atomic mass is 16.5. The second-order valence-electron chi connectivity index (χ2n) is 6.68. The lowest BCUT2D eigenvalue weighted by molar-refractivity contribution is -0.122. The lowest BCUT2D eigenvalue weighted by Crippen LogP contribution is -2.30. The highest BCUT2D eigenvalue weighted by Gasteiger charge is 2.18. The molecule has 0 aliphatic rings. The smallest absolute Gasteiger partial charge is 0.336 e. The molecular weight excluding hydrogens is 342 g/mol. The van der Waals surface area contributed by atoms with Crippen molar-refractivity contribution in [3.8, 4) is 5.75 Å². The van der Waals surface area contributed by atoms with Gasteiger partial charge in [0.1, 0.15) is 11.3 Å². The SMILES string of the molecule is CCc1cc2c(C)cc(=O)oc2cc1O[C@H](C)C(=O)Nc1cccc(C)c1. The van der Waals surface area contributed by atoms with Gasteiger partial charge < -0.3 is 14.5 Å². The third-order valence-electron chi connectivity index (χ3n) is 4.47. The molecule has 0 saturated carbocycles. The van der Waals surface area contributed by atoms with Crippen LogP contribution in [-0.2, 0) is 11.2 Å². The van der Waals surface area contributed by atoms with Crippen molar-refractivity contribution in [3.63, 3.8) is 0 Å². The topological polar surface area (TPSA) is 68.5 Å². The Hall–Kier alpha value is -3.08. The molecule has 0 radical (unpaired) electrons. The zero-order chi connectivity index (χ0) is 19.6. The number of aryl methyl sites for hydroxylation is 3. The van der Waals surface area contributed by atoms with E-state index in [2.05, 4.69) is 5.32 Å². The molecule has 2 aromatic carbocycles. The molecule has 0 unspecified atom stereocenters. The number of hydrogen-bond donors (Lipinski definition) is 1. The Bertz CT molecular complexity index is 1050. The van der Waals surface area contributed by atoms with Crippen LogP contribution in [0.1, 0.15) is 30.5 Å². The molecule has 1 aromatic heterocycles. The summed E-state index contributed by atoms with van der Waals surface area (Å²) >= 11 is 0. The van der Waals surface area contributed by atoms with E-state index in [1.54, 1.807) is 13.0 Å². The minimum absolute atomic E-state index is 0.242. The molecule has 5 heteroatoms. The van der Waals surface area contributed by atoms with E-state index >= 15 is 0 Å². The van der Waals surface area contributed by atoms with E-state index in [0.717, 1.165) is 34.2 Å². The van der Waals surface area contributed by atoms with Gasteiger partial charge in [-0.25, -0.2) is 4.79 Å². The quantitative estimate of drug-likeness (QED) is 0.682. The standard InChI is InChI=1S/C22H23NO4/c1-5-16-11-18-14(3)10-21(24)27-20(18)12-19(16)26-15(4)22(25)23-17-8-6-7-13(2)9-17/h6-12,15H,5H2,1-4H3,(H,23,25)/t15-/m1/s1. The molecule has 0 aliphatic carbocycles. The van der Waals surface area contributed by atoms with Gasteiger partial charge in [-0.2, -0.15) is 0 Å². The normalized spacial score (nSPS) is 12.0. The maximum Gasteiger partial charge on any atom is 0.336 e. The van der Waals surface area contributed by atoms with Crippen LogP contribution in [0.2, 0.25) is 0 Å². The first-order valence-electron chi connectivity index (χ1n) is 8.99. The van der Waals surface area contributed by atoms with Gasteiger partial charge in [0.15, 0.2) is 6.10 Å². The van der Waals surface area contributed by atoms with Crippen molar-refractivity contribution in [3.05, 3.63) is 69.6 Å². The molecule has 0 fully saturated rings. The minimum Gasteiger partial charge on any atom is -0.480 e. The van der Waals surface area contributed by atoms with Crippen molar-refractivity contribution in [2.75, 3.05) is 5.32 Å². The Balaban J connectivity index is 1.86. The molecule has 1 heterocycles. The van der Waals surface area contributed by atoms with E-state index in [-0.39, 0.29) is 5.91 Å². The average Bonchev–Trinajstić information content (AvgIpc) is 2.61. The van der Waals surface area contributed by atoms with Crippen molar-refractivity contribution >= 4 is 22.6 Å². The molecule has 1 atom stereocenters. The van der Waals surface area contributed by atoms with Crippen molar-refractivity contribution in [2.24, 2.45) is 0 Å². The number of ether oxygens (including phenoxy) is 1. The fourth-order valence-electron chi connectivity index (χ4n) is 2.99. The maximum absolute atomic E-state index is 12.5. The molecule has 3 aromatic rings. The summed E-state index contributed by atoms with van der Waals surface area (Å²) in [6, 6.07) is 12.7. The van der Waals surface area contributed by atoms with E-state index in [1.807, 2.05) is 51.1 Å². The van der Waals surface area contributed by atoms with Crippen LogP contribution < -0.4 is 15.7 Å². The fourth-order valence-corrected chi connectivity index (χ4v) is 2.99. The monoisotopic (exact) mass is 365 g/mol. The number of nitrogens with one attached hydrogen (secondary N) is 1. The van der Waals surface area contributed by atoms with Crippen LogP contribution >= 0.6 is 0 Å². The van der Waals surface area contributed by atoms with E-state index < -0.39 is 11.7 Å². The van der Waals surface area contributed by atoms with Gasteiger partial charge in [-0.1, -0.05) is 19.1 Å². The number of fused-ring (bicyclic) bond motifs is 1. The Morgan fingerprint density at radius 1 is 1.19 bits per heavy atom. The Morgan fingerprint density at radius 3 is 2.67 bits per heavy atom. The molecule has 3 rings (SSSR count). The first-order chi connectivity index (χ1) is 12.9. The van der Waals surface area contributed by atoms with Gasteiger partial charge in [0.2, 0.25) is 0 Å². The van der Waals surface area contributed by atoms with E-state index in [1.165, 1.54) is 6.07 Å². The molecule has 27 heavy (non-hydrogen) atoms. The largest absolute Gasteiger partial charge is 0.480 e. The number of amides is 1. The van der Waals surface area contributed by atoms with Crippen molar-refractivity contribution in [1.82, 2.24) is 0 Å². The Morgan fingerprint density at radius 2 is 1.96 bits per heavy atom. The van der Waals surface area contributed by atoms with Crippen molar-refractivity contribution in [1.29, 1.82) is 0 Å². The summed E-state index contributed by atoms with van der Waals surface area (Å²) in [5, 5.41) is 3.73. The van der Waals surface area contributed by atoms with Gasteiger partial charge >= 0.3 is 5.63 Å². The van der Waals surface area contributed by atoms with Gasteiger partial charge in [-0.3, -0.25) is 4.79 Å². The summed E-state index contributed by atoms with van der Waals surface area (Å²) in [6.45, 7) is 7.55. The molecule has 0 bridgehead atoms. The van der Waals surface area contributed by atoms with Crippen LogP contribution in [0.15, 0.2) is 51.7 Å². The average molecular weight is 365 g/mol. The third kappa shape index (κ3) is 4.19. The molecule has 5 nitrogen and oxygen atoms in total. The van der Waals surface area contributed by atoms with Crippen LogP contribution in [0.3, 0.4) is 0 Å². The summed E-state index contributed by atoms with van der Waals surface area (Å²) in [7, 11) is 0. The summed E-state index contributed by atoms with van der Waals surface area (Å²) in [5.41, 5.74) is 3.65. The van der Waals surface area contributed by atoms with Gasteiger partial charge in [0, 0.05) is 23.2 Å². The van der Waals surface area contributed by atoms with Crippen LogP contribution in [0.25, 0.3) is 11.0 Å². The van der Waals surface area contributed by atoms with Crippen LogP contribution in [0.5, 0.6) is 5.75 Å². The molecule has 140 valence electrons. The Kier molecular flexibility index (Phi) is 5.31. The first kappa shape index (κ1) is 18.7. The highest BCUT2D eigenvalue weighted by molar-refractivity contribution is 5.94. The number of rotatable bonds is 5. The molecule has 0 aliphatic heterocycles. The zero-order valence-electron chi connectivity index (χ0n) is 16.0. The van der Waals surface area contributed by atoms with Gasteiger partial charge in [0.25, 0.3) is 5.91 Å². The minimum atomic E-state index is -0.704. The first-order valence-corrected chi connectivity index (χ1v) is 8.99. The number of carbonyl (C=O) groups excluding carboxylic acids is 1. The number of anilines is 1. The second kappa shape index (κ2) is 7.66. The van der Waals surface area contributed by atoms with Gasteiger partial charge in [0.05, 0.1) is 0 Å². The second-order valence-corrected chi connectivity index (χ2v) is 6.68. The molecule has 0 saturated heterocycles. The molecular formula is C22H23NO4. The molecule has 0 spiro atoms. The van der Waals surface area contributed by atoms with Gasteiger partial charge in [-0.05, 0) is 62.1 Å². The highest BCUT2D eigenvalue weighted by Crippen LogP contribution is 2.28. The van der Waals surface area contributed by atoms with E-state index in [4.69, 9.17) is 9.15 Å².